The molecule has 1 aromatic carbocycles. The number of thioether (sulfide) groups is 1. The number of amides is 1. The van der Waals surface area contributed by atoms with Crippen molar-refractivity contribution in [2.45, 2.75) is 18.2 Å². The van der Waals surface area contributed by atoms with Gasteiger partial charge in [0.1, 0.15) is 5.82 Å². The smallest absolute Gasteiger partial charge is 0.224 e. The summed E-state index contributed by atoms with van der Waals surface area (Å²) in [5, 5.41) is 5.89. The molecule has 0 radical (unpaired) electrons. The predicted octanol–water partition coefficient (Wildman–Crippen LogP) is 2.28. The topological polar surface area (TPSA) is 41.1 Å². The number of hydrogen-bond acceptors (Lipinski definition) is 3. The molecule has 0 aromatic heterocycles. The van der Waals surface area contributed by atoms with E-state index in [4.69, 9.17) is 0 Å². The van der Waals surface area contributed by atoms with Crippen molar-refractivity contribution in [1.29, 1.82) is 0 Å². The Hall–Kier alpha value is -1.07. The van der Waals surface area contributed by atoms with E-state index in [0.717, 1.165) is 17.1 Å². The zero-order chi connectivity index (χ0) is 14.1. The number of nitrogens with one attached hydrogen (secondary N) is 2. The van der Waals surface area contributed by atoms with Gasteiger partial charge in [0.2, 0.25) is 5.91 Å². The monoisotopic (exact) mass is 284 g/mol. The van der Waals surface area contributed by atoms with E-state index < -0.39 is 0 Å². The summed E-state index contributed by atoms with van der Waals surface area (Å²) in [6, 6.07) is 6.47. The van der Waals surface area contributed by atoms with Crippen molar-refractivity contribution >= 4 is 17.7 Å². The molecule has 1 amide bonds. The summed E-state index contributed by atoms with van der Waals surface area (Å²) in [5.74, 6) is 0.776. The molecule has 0 spiro atoms. The molecule has 0 saturated carbocycles. The molecule has 1 aromatic rings. The molecular weight excluding hydrogens is 263 g/mol. The van der Waals surface area contributed by atoms with E-state index in [9.17, 15) is 9.18 Å². The summed E-state index contributed by atoms with van der Waals surface area (Å²) in [6.45, 7) is 3.27. The standard InChI is InChI=1S/C14H21FN2OS/c1-11(10-16-2)14(18)17-8-3-9-19-13-6-4-12(15)5-7-13/h4-7,11,16H,3,8-10H2,1-2H3,(H,17,18). The second kappa shape index (κ2) is 8.93. The number of carbonyl (C=O) groups is 1. The van der Waals surface area contributed by atoms with Gasteiger partial charge in [-0.15, -0.1) is 11.8 Å². The molecule has 0 saturated heterocycles. The molecule has 0 aliphatic carbocycles. The molecule has 3 nitrogen and oxygen atoms in total. The van der Waals surface area contributed by atoms with Crippen molar-refractivity contribution < 1.29 is 9.18 Å². The second-order valence-corrected chi connectivity index (χ2v) is 5.57. The first kappa shape index (κ1) is 16.0. The van der Waals surface area contributed by atoms with Gasteiger partial charge in [-0.05, 0) is 43.5 Å². The molecule has 5 heteroatoms. The van der Waals surface area contributed by atoms with Crippen LogP contribution in [0.25, 0.3) is 0 Å². The Morgan fingerprint density at radius 2 is 2.05 bits per heavy atom. The summed E-state index contributed by atoms with van der Waals surface area (Å²) in [5.41, 5.74) is 0. The highest BCUT2D eigenvalue weighted by atomic mass is 32.2. The van der Waals surface area contributed by atoms with Gasteiger partial charge in [0.05, 0.1) is 0 Å². The summed E-state index contributed by atoms with van der Waals surface area (Å²) in [6.07, 6.45) is 0.903. The van der Waals surface area contributed by atoms with Gasteiger partial charge >= 0.3 is 0 Å². The zero-order valence-electron chi connectivity index (χ0n) is 11.4. The Balaban J connectivity index is 2.11. The minimum Gasteiger partial charge on any atom is -0.356 e. The van der Waals surface area contributed by atoms with Gasteiger partial charge in [0.15, 0.2) is 0 Å². The van der Waals surface area contributed by atoms with Crippen molar-refractivity contribution in [2.75, 3.05) is 25.9 Å². The Kier molecular flexibility index (Phi) is 7.52. The number of rotatable bonds is 8. The summed E-state index contributed by atoms with van der Waals surface area (Å²) < 4.78 is 12.7. The van der Waals surface area contributed by atoms with Gasteiger partial charge in [-0.3, -0.25) is 4.79 Å². The molecule has 1 atom stereocenters. The largest absolute Gasteiger partial charge is 0.356 e. The fourth-order valence-electron chi connectivity index (χ4n) is 1.58. The van der Waals surface area contributed by atoms with Crippen LogP contribution in [0, 0.1) is 11.7 Å². The zero-order valence-corrected chi connectivity index (χ0v) is 12.2. The normalized spacial score (nSPS) is 12.2. The van der Waals surface area contributed by atoms with Crippen molar-refractivity contribution in [2.24, 2.45) is 5.92 Å². The Morgan fingerprint density at radius 1 is 1.37 bits per heavy atom. The van der Waals surface area contributed by atoms with Crippen LogP contribution in [0.3, 0.4) is 0 Å². The number of carbonyl (C=O) groups excluding carboxylic acids is 1. The minimum absolute atomic E-state index is 0.00486. The van der Waals surface area contributed by atoms with Crippen LogP contribution in [-0.2, 0) is 4.79 Å². The lowest BCUT2D eigenvalue weighted by molar-refractivity contribution is -0.124. The van der Waals surface area contributed by atoms with Crippen molar-refractivity contribution in [3.8, 4) is 0 Å². The predicted molar refractivity (Wildman–Crippen MR) is 77.8 cm³/mol. The molecule has 0 heterocycles. The average Bonchev–Trinajstić information content (AvgIpc) is 2.40. The first-order valence-corrected chi connectivity index (χ1v) is 7.42. The van der Waals surface area contributed by atoms with Gasteiger partial charge in [-0.2, -0.15) is 0 Å². The Morgan fingerprint density at radius 3 is 2.68 bits per heavy atom. The van der Waals surface area contributed by atoms with Gasteiger partial charge in [-0.1, -0.05) is 6.92 Å². The van der Waals surface area contributed by atoms with Gasteiger partial charge < -0.3 is 10.6 Å². The fraction of sp³-hybridized carbons (Fsp3) is 0.500. The number of benzene rings is 1. The molecule has 1 rings (SSSR count). The summed E-state index contributed by atoms with van der Waals surface area (Å²) in [7, 11) is 1.84. The van der Waals surface area contributed by atoms with E-state index in [-0.39, 0.29) is 17.6 Å². The summed E-state index contributed by atoms with van der Waals surface area (Å²) in [4.78, 5) is 12.7. The van der Waals surface area contributed by atoms with Crippen molar-refractivity contribution in [1.82, 2.24) is 10.6 Å². The van der Waals surface area contributed by atoms with Crippen LogP contribution in [0.2, 0.25) is 0 Å². The van der Waals surface area contributed by atoms with Crippen LogP contribution in [0.5, 0.6) is 0 Å². The molecule has 1 unspecified atom stereocenters. The van der Waals surface area contributed by atoms with Crippen LogP contribution in [0.1, 0.15) is 13.3 Å². The van der Waals surface area contributed by atoms with Gasteiger partial charge in [-0.25, -0.2) is 4.39 Å². The first-order valence-electron chi connectivity index (χ1n) is 6.44. The van der Waals surface area contributed by atoms with E-state index in [2.05, 4.69) is 10.6 Å². The van der Waals surface area contributed by atoms with Crippen LogP contribution in [0.4, 0.5) is 4.39 Å². The van der Waals surface area contributed by atoms with Gasteiger partial charge in [0.25, 0.3) is 0 Å². The Labute approximate surface area is 118 Å². The van der Waals surface area contributed by atoms with Crippen LogP contribution in [0.15, 0.2) is 29.2 Å². The van der Waals surface area contributed by atoms with Crippen LogP contribution < -0.4 is 10.6 Å². The van der Waals surface area contributed by atoms with E-state index >= 15 is 0 Å². The highest BCUT2D eigenvalue weighted by Gasteiger charge is 2.10. The van der Waals surface area contributed by atoms with E-state index in [1.165, 1.54) is 12.1 Å². The molecule has 0 bridgehead atoms. The third kappa shape index (κ3) is 6.59. The van der Waals surface area contributed by atoms with Crippen LogP contribution in [-0.4, -0.2) is 31.8 Å². The lowest BCUT2D eigenvalue weighted by Gasteiger charge is -2.11. The van der Waals surface area contributed by atoms with Gasteiger partial charge in [0, 0.05) is 23.9 Å². The van der Waals surface area contributed by atoms with E-state index in [1.807, 2.05) is 14.0 Å². The molecule has 106 valence electrons. The Bertz CT molecular complexity index is 384. The minimum atomic E-state index is -0.213. The fourth-order valence-corrected chi connectivity index (χ4v) is 2.43. The van der Waals surface area contributed by atoms with E-state index in [1.54, 1.807) is 23.9 Å². The molecule has 0 fully saturated rings. The SMILES string of the molecule is CNCC(C)C(=O)NCCCSc1ccc(F)cc1. The lowest BCUT2D eigenvalue weighted by atomic mass is 10.1. The highest BCUT2D eigenvalue weighted by Crippen LogP contribution is 2.18. The maximum Gasteiger partial charge on any atom is 0.224 e. The molecule has 19 heavy (non-hydrogen) atoms. The molecule has 2 N–H and O–H groups in total. The third-order valence-electron chi connectivity index (χ3n) is 2.66. The number of halogens is 1. The molecular formula is C14H21FN2OS. The maximum absolute atomic E-state index is 12.7. The molecule has 0 aliphatic heterocycles. The average molecular weight is 284 g/mol. The maximum atomic E-state index is 12.7. The van der Waals surface area contributed by atoms with E-state index in [0.29, 0.717) is 13.1 Å². The highest BCUT2D eigenvalue weighted by molar-refractivity contribution is 7.99. The summed E-state index contributed by atoms with van der Waals surface area (Å²) >= 11 is 1.67. The second-order valence-electron chi connectivity index (χ2n) is 4.41. The quantitative estimate of drug-likeness (QED) is 0.568. The lowest BCUT2D eigenvalue weighted by Crippen LogP contribution is -2.34. The number of hydrogen-bond donors (Lipinski definition) is 2. The van der Waals surface area contributed by atoms with Crippen molar-refractivity contribution in [3.05, 3.63) is 30.1 Å². The van der Waals surface area contributed by atoms with Crippen molar-refractivity contribution in [3.63, 3.8) is 0 Å². The first-order chi connectivity index (χ1) is 9.13. The third-order valence-corrected chi connectivity index (χ3v) is 3.76. The molecule has 0 aliphatic rings. The van der Waals surface area contributed by atoms with Crippen LogP contribution >= 0.6 is 11.8 Å².